The molecule has 3 rings (SSSR count). The minimum absolute atomic E-state index is 0.00798. The van der Waals surface area contributed by atoms with E-state index in [4.69, 9.17) is 10.5 Å². The number of aromatic nitrogens is 2. The molecule has 0 bridgehead atoms. The number of nitrogens with two attached hydrogens (primary N) is 1. The lowest BCUT2D eigenvalue weighted by atomic mass is 10.3. The third-order valence-corrected chi connectivity index (χ3v) is 5.05. The largest absolute Gasteiger partial charge is 0.494 e. The maximum absolute atomic E-state index is 12.8. The van der Waals surface area contributed by atoms with E-state index in [0.717, 1.165) is 0 Å². The average Bonchev–Trinajstić information content (AvgIpc) is 2.84. The third-order valence-electron chi connectivity index (χ3n) is 3.34. The van der Waals surface area contributed by atoms with Gasteiger partial charge in [-0.3, -0.25) is 0 Å². The van der Waals surface area contributed by atoms with Crippen molar-refractivity contribution in [3.8, 4) is 5.75 Å². The lowest BCUT2D eigenvalue weighted by Gasteiger charge is -2.07. The quantitative estimate of drug-likeness (QED) is 0.704. The van der Waals surface area contributed by atoms with Crippen molar-refractivity contribution in [3.05, 3.63) is 52.9 Å². The Morgan fingerprint density at radius 1 is 1.17 bits per heavy atom. The molecule has 3 aromatic rings. The van der Waals surface area contributed by atoms with Crippen LogP contribution < -0.4 is 16.2 Å². The Kier molecular flexibility index (Phi) is 3.61. The number of fused-ring (bicyclic) bond motifs is 1. The Bertz CT molecular complexity index is 1020. The van der Waals surface area contributed by atoms with E-state index in [-0.39, 0.29) is 10.4 Å². The van der Waals surface area contributed by atoms with Gasteiger partial charge in [-0.1, -0.05) is 0 Å². The molecule has 8 heteroatoms. The lowest BCUT2D eigenvalue weighted by molar-refractivity contribution is 0.340. The summed E-state index contributed by atoms with van der Waals surface area (Å²) >= 11 is 0. The number of H-pyrrole nitrogens is 1. The highest BCUT2D eigenvalue weighted by atomic mass is 32.2. The first-order valence-corrected chi connectivity index (χ1v) is 8.36. The molecule has 7 nitrogen and oxygen atoms in total. The van der Waals surface area contributed by atoms with Crippen LogP contribution in [-0.2, 0) is 10.0 Å². The summed E-state index contributed by atoms with van der Waals surface area (Å²) in [5, 5.41) is 0. The normalized spacial score (nSPS) is 11.7. The second-order valence-corrected chi connectivity index (χ2v) is 6.67. The van der Waals surface area contributed by atoms with Crippen molar-refractivity contribution >= 4 is 26.7 Å². The molecule has 0 saturated heterocycles. The van der Waals surface area contributed by atoms with Gasteiger partial charge >= 0.3 is 5.69 Å². The van der Waals surface area contributed by atoms with Gasteiger partial charge in [0.15, 0.2) is 0 Å². The van der Waals surface area contributed by atoms with Gasteiger partial charge in [0.2, 0.25) is 0 Å². The number of anilines is 1. The van der Waals surface area contributed by atoms with Crippen LogP contribution in [0.1, 0.15) is 6.92 Å². The number of rotatable bonds is 4. The minimum atomic E-state index is -4.04. The molecule has 0 radical (unpaired) electrons. The fraction of sp³-hybridized carbons (Fsp3) is 0.133. The summed E-state index contributed by atoms with van der Waals surface area (Å²) in [5.74, 6) is 0.557. The number of nitrogens with one attached hydrogen (secondary N) is 1. The Morgan fingerprint density at radius 2 is 1.87 bits per heavy atom. The van der Waals surface area contributed by atoms with E-state index in [1.807, 2.05) is 6.92 Å². The highest BCUT2D eigenvalue weighted by molar-refractivity contribution is 7.90. The van der Waals surface area contributed by atoms with E-state index in [9.17, 15) is 13.2 Å². The molecule has 0 atom stereocenters. The summed E-state index contributed by atoms with van der Waals surface area (Å²) in [6, 6.07) is 10.5. The highest BCUT2D eigenvalue weighted by Gasteiger charge is 2.22. The van der Waals surface area contributed by atoms with Crippen molar-refractivity contribution in [2.45, 2.75) is 11.8 Å². The van der Waals surface area contributed by atoms with Crippen LogP contribution in [0.5, 0.6) is 5.75 Å². The fourth-order valence-electron chi connectivity index (χ4n) is 2.32. The molecule has 0 saturated carbocycles. The van der Waals surface area contributed by atoms with Gasteiger partial charge in [0.25, 0.3) is 10.0 Å². The summed E-state index contributed by atoms with van der Waals surface area (Å²) in [6.45, 7) is 2.31. The van der Waals surface area contributed by atoms with Gasteiger partial charge in [0.1, 0.15) is 5.75 Å². The standard InChI is InChI=1S/C15H15N3O4S/c1-2-22-11-4-6-12(7-5-11)23(20,21)18-14-9-10(16)3-8-13(14)17-15(18)19/h3-9H,2,16H2,1H3,(H,17,19). The van der Waals surface area contributed by atoms with E-state index in [1.54, 1.807) is 24.3 Å². The van der Waals surface area contributed by atoms with Crippen molar-refractivity contribution in [1.29, 1.82) is 0 Å². The number of benzene rings is 2. The molecular formula is C15H15N3O4S. The van der Waals surface area contributed by atoms with Crippen molar-refractivity contribution in [3.63, 3.8) is 0 Å². The number of imidazole rings is 1. The number of nitrogens with zero attached hydrogens (tertiary/aromatic N) is 1. The zero-order valence-electron chi connectivity index (χ0n) is 12.3. The molecule has 0 aliphatic carbocycles. The van der Waals surface area contributed by atoms with Gasteiger partial charge in [0, 0.05) is 5.69 Å². The molecule has 0 amide bonds. The Labute approximate surface area is 132 Å². The van der Waals surface area contributed by atoms with Crippen LogP contribution in [0, 0.1) is 0 Å². The maximum atomic E-state index is 12.8. The molecule has 0 unspecified atom stereocenters. The van der Waals surface area contributed by atoms with E-state index in [2.05, 4.69) is 4.98 Å². The summed E-state index contributed by atoms with van der Waals surface area (Å²) in [5.41, 5.74) is 5.94. The maximum Gasteiger partial charge on any atom is 0.340 e. The van der Waals surface area contributed by atoms with Crippen molar-refractivity contribution in [2.75, 3.05) is 12.3 Å². The minimum Gasteiger partial charge on any atom is -0.494 e. The topological polar surface area (TPSA) is 107 Å². The molecule has 23 heavy (non-hydrogen) atoms. The predicted molar refractivity (Wildman–Crippen MR) is 87.2 cm³/mol. The van der Waals surface area contributed by atoms with E-state index in [1.165, 1.54) is 18.2 Å². The summed E-state index contributed by atoms with van der Waals surface area (Å²) in [7, 11) is -4.04. The van der Waals surface area contributed by atoms with Crippen LogP contribution in [0.2, 0.25) is 0 Å². The first kappa shape index (κ1) is 15.2. The summed E-state index contributed by atoms with van der Waals surface area (Å²) < 4.78 is 31.5. The molecule has 0 fully saturated rings. The monoisotopic (exact) mass is 333 g/mol. The van der Waals surface area contributed by atoms with Crippen LogP contribution in [0.3, 0.4) is 0 Å². The Balaban J connectivity index is 2.18. The second-order valence-electron chi connectivity index (χ2n) is 4.88. The predicted octanol–water partition coefficient (Wildman–Crippen LogP) is 1.55. The number of hydrogen-bond donors (Lipinski definition) is 2. The van der Waals surface area contributed by atoms with Gasteiger partial charge in [-0.25, -0.2) is 13.2 Å². The van der Waals surface area contributed by atoms with Gasteiger partial charge in [-0.15, -0.1) is 0 Å². The second kappa shape index (κ2) is 5.47. The molecule has 0 aliphatic rings. The smallest absolute Gasteiger partial charge is 0.340 e. The zero-order chi connectivity index (χ0) is 16.6. The van der Waals surface area contributed by atoms with Crippen molar-refractivity contribution in [2.24, 2.45) is 0 Å². The summed E-state index contributed by atoms with van der Waals surface area (Å²) in [6.07, 6.45) is 0. The first-order valence-electron chi connectivity index (χ1n) is 6.92. The van der Waals surface area contributed by atoms with Crippen molar-refractivity contribution in [1.82, 2.24) is 8.96 Å². The molecule has 1 aromatic heterocycles. The van der Waals surface area contributed by atoms with E-state index >= 15 is 0 Å². The summed E-state index contributed by atoms with van der Waals surface area (Å²) in [4.78, 5) is 14.6. The van der Waals surface area contributed by atoms with Crippen LogP contribution in [-0.4, -0.2) is 24.0 Å². The molecule has 1 heterocycles. The average molecular weight is 333 g/mol. The van der Waals surface area contributed by atoms with E-state index < -0.39 is 15.7 Å². The Hall–Kier alpha value is -2.74. The SMILES string of the molecule is CCOc1ccc(S(=O)(=O)n2c(=O)[nH]c3ccc(N)cc32)cc1. The van der Waals surface area contributed by atoms with Crippen molar-refractivity contribution < 1.29 is 13.2 Å². The Morgan fingerprint density at radius 3 is 2.52 bits per heavy atom. The van der Waals surface area contributed by atoms with Gasteiger partial charge < -0.3 is 15.5 Å². The highest BCUT2D eigenvalue weighted by Crippen LogP contribution is 2.22. The van der Waals surface area contributed by atoms with Crippen LogP contribution in [0.25, 0.3) is 11.0 Å². The number of nitrogen functional groups attached to an aromatic ring is 1. The number of ether oxygens (including phenoxy) is 1. The molecular weight excluding hydrogens is 318 g/mol. The molecule has 0 aliphatic heterocycles. The lowest BCUT2D eigenvalue weighted by Crippen LogP contribution is -2.25. The third kappa shape index (κ3) is 2.57. The van der Waals surface area contributed by atoms with Gasteiger partial charge in [-0.05, 0) is 49.4 Å². The molecule has 2 aromatic carbocycles. The molecule has 120 valence electrons. The molecule has 3 N–H and O–H groups in total. The zero-order valence-corrected chi connectivity index (χ0v) is 13.1. The number of hydrogen-bond acceptors (Lipinski definition) is 5. The van der Waals surface area contributed by atoms with Gasteiger partial charge in [0.05, 0.1) is 22.5 Å². The fourth-order valence-corrected chi connectivity index (χ4v) is 3.68. The van der Waals surface area contributed by atoms with Crippen LogP contribution in [0.15, 0.2) is 52.2 Å². The van der Waals surface area contributed by atoms with Gasteiger partial charge in [-0.2, -0.15) is 3.97 Å². The number of aromatic amines is 1. The van der Waals surface area contributed by atoms with E-state index in [0.29, 0.717) is 27.5 Å². The molecule has 0 spiro atoms. The van der Waals surface area contributed by atoms with Crippen LogP contribution >= 0.6 is 0 Å². The van der Waals surface area contributed by atoms with Crippen LogP contribution in [0.4, 0.5) is 5.69 Å². The first-order chi connectivity index (χ1) is 10.9.